The van der Waals surface area contributed by atoms with Crippen molar-refractivity contribution in [2.75, 3.05) is 0 Å². The summed E-state index contributed by atoms with van der Waals surface area (Å²) in [5.74, 6) is 2.70. The summed E-state index contributed by atoms with van der Waals surface area (Å²) in [4.78, 5) is 0. The molecule has 1 aliphatic carbocycles. The van der Waals surface area contributed by atoms with E-state index in [-0.39, 0.29) is 0 Å². The average Bonchev–Trinajstić information content (AvgIpc) is 2.74. The molecule has 4 heteroatoms. The molecule has 1 fully saturated rings. The lowest BCUT2D eigenvalue weighted by atomic mass is 9.99. The average molecular weight is 334 g/mol. The molecule has 20 heavy (non-hydrogen) atoms. The van der Waals surface area contributed by atoms with E-state index in [9.17, 15) is 0 Å². The zero-order valence-electron chi connectivity index (χ0n) is 11.6. The minimum absolute atomic E-state index is 0.554. The van der Waals surface area contributed by atoms with E-state index in [1.165, 1.54) is 44.2 Å². The Morgan fingerprint density at radius 1 is 1.00 bits per heavy atom. The first-order chi connectivity index (χ1) is 9.90. The second-order valence-corrected chi connectivity index (χ2v) is 6.03. The van der Waals surface area contributed by atoms with E-state index >= 15 is 0 Å². The molecule has 1 heterocycles. The van der Waals surface area contributed by atoms with E-state index in [0.717, 1.165) is 17.0 Å². The Morgan fingerprint density at radius 3 is 2.35 bits per heavy atom. The molecule has 1 aliphatic rings. The van der Waals surface area contributed by atoms with Gasteiger partial charge in [0.05, 0.1) is 5.33 Å². The standard InChI is InChI=1S/C16H20BrN3/c17-12-15-18-19-16(13-8-4-1-2-5-9-13)20(15)14-10-6-3-7-11-14/h3,6-7,10-11,13H,1-2,4-5,8-9,12H2. The fraction of sp³-hybridized carbons (Fsp3) is 0.500. The molecule has 0 bridgehead atoms. The minimum atomic E-state index is 0.554. The Kier molecular flexibility index (Phi) is 4.51. The number of hydrogen-bond donors (Lipinski definition) is 0. The number of benzene rings is 1. The smallest absolute Gasteiger partial charge is 0.148 e. The highest BCUT2D eigenvalue weighted by atomic mass is 79.9. The summed E-state index contributed by atoms with van der Waals surface area (Å²) in [6.45, 7) is 0. The second-order valence-electron chi connectivity index (χ2n) is 5.47. The Balaban J connectivity index is 2.00. The van der Waals surface area contributed by atoms with E-state index in [1.54, 1.807) is 0 Å². The van der Waals surface area contributed by atoms with Crippen molar-refractivity contribution in [1.29, 1.82) is 0 Å². The van der Waals surface area contributed by atoms with Crippen molar-refractivity contribution < 1.29 is 0 Å². The third-order valence-electron chi connectivity index (χ3n) is 4.11. The van der Waals surface area contributed by atoms with Gasteiger partial charge in [-0.15, -0.1) is 10.2 Å². The van der Waals surface area contributed by atoms with Gasteiger partial charge in [0.2, 0.25) is 0 Å². The van der Waals surface area contributed by atoms with Crippen molar-refractivity contribution >= 4 is 15.9 Å². The molecule has 1 aromatic heterocycles. The van der Waals surface area contributed by atoms with Crippen molar-refractivity contribution in [1.82, 2.24) is 14.8 Å². The molecule has 0 N–H and O–H groups in total. The van der Waals surface area contributed by atoms with Crippen LogP contribution in [-0.4, -0.2) is 14.8 Å². The number of halogens is 1. The summed E-state index contributed by atoms with van der Waals surface area (Å²) in [5.41, 5.74) is 1.17. The van der Waals surface area contributed by atoms with Gasteiger partial charge in [-0.2, -0.15) is 0 Å². The summed E-state index contributed by atoms with van der Waals surface area (Å²) >= 11 is 3.54. The summed E-state index contributed by atoms with van der Waals surface area (Å²) in [6.07, 6.45) is 7.84. The minimum Gasteiger partial charge on any atom is -0.282 e. The van der Waals surface area contributed by atoms with Gasteiger partial charge in [0.1, 0.15) is 11.6 Å². The quantitative estimate of drug-likeness (QED) is 0.607. The fourth-order valence-corrected chi connectivity index (χ4v) is 3.44. The zero-order valence-corrected chi connectivity index (χ0v) is 13.2. The number of para-hydroxylation sites is 1. The number of nitrogens with zero attached hydrogens (tertiary/aromatic N) is 3. The normalized spacial score (nSPS) is 17.1. The van der Waals surface area contributed by atoms with Gasteiger partial charge in [0.25, 0.3) is 0 Å². The molecule has 0 aliphatic heterocycles. The molecule has 0 atom stereocenters. The highest BCUT2D eigenvalue weighted by Gasteiger charge is 2.22. The van der Waals surface area contributed by atoms with Crippen molar-refractivity contribution in [2.45, 2.75) is 49.8 Å². The molecular weight excluding hydrogens is 314 g/mol. The zero-order chi connectivity index (χ0) is 13.8. The van der Waals surface area contributed by atoms with Crippen LogP contribution in [0.4, 0.5) is 0 Å². The van der Waals surface area contributed by atoms with E-state index < -0.39 is 0 Å². The second kappa shape index (κ2) is 6.53. The Labute approximate surface area is 128 Å². The molecule has 0 spiro atoms. The number of aromatic nitrogens is 3. The van der Waals surface area contributed by atoms with Crippen molar-refractivity contribution in [2.24, 2.45) is 0 Å². The number of hydrogen-bond acceptors (Lipinski definition) is 2. The molecule has 2 aromatic rings. The molecule has 106 valence electrons. The molecule has 0 saturated heterocycles. The van der Waals surface area contributed by atoms with Crippen LogP contribution in [0.25, 0.3) is 5.69 Å². The monoisotopic (exact) mass is 333 g/mol. The first kappa shape index (κ1) is 13.8. The molecule has 1 saturated carbocycles. The Morgan fingerprint density at radius 2 is 1.70 bits per heavy atom. The first-order valence-corrected chi connectivity index (χ1v) is 8.58. The third kappa shape index (κ3) is 2.80. The summed E-state index contributed by atoms with van der Waals surface area (Å²) in [5, 5.41) is 9.63. The Bertz CT molecular complexity index is 542. The molecule has 0 radical (unpaired) electrons. The maximum absolute atomic E-state index is 4.51. The predicted molar refractivity (Wildman–Crippen MR) is 84.4 cm³/mol. The lowest BCUT2D eigenvalue weighted by Gasteiger charge is -2.16. The summed E-state index contributed by atoms with van der Waals surface area (Å²) in [7, 11) is 0. The predicted octanol–water partition coefficient (Wildman–Crippen LogP) is 4.60. The van der Waals surface area contributed by atoms with Crippen molar-refractivity contribution in [3.8, 4) is 5.69 Å². The topological polar surface area (TPSA) is 30.7 Å². The van der Waals surface area contributed by atoms with Gasteiger partial charge in [0.15, 0.2) is 0 Å². The SMILES string of the molecule is BrCc1nnc(C2CCCCCC2)n1-c1ccccc1. The van der Waals surface area contributed by atoms with Crippen LogP contribution in [0.5, 0.6) is 0 Å². The van der Waals surface area contributed by atoms with E-state index in [1.807, 2.05) is 6.07 Å². The summed E-state index contributed by atoms with van der Waals surface area (Å²) in [6, 6.07) is 10.5. The molecular formula is C16H20BrN3. The van der Waals surface area contributed by atoms with Crippen molar-refractivity contribution in [3.05, 3.63) is 42.0 Å². The van der Waals surface area contributed by atoms with E-state index in [4.69, 9.17) is 0 Å². The molecule has 0 unspecified atom stereocenters. The van der Waals surface area contributed by atoms with Gasteiger partial charge in [-0.05, 0) is 25.0 Å². The molecule has 3 nitrogen and oxygen atoms in total. The lowest BCUT2D eigenvalue weighted by molar-refractivity contribution is 0.550. The largest absolute Gasteiger partial charge is 0.282 e. The van der Waals surface area contributed by atoms with Gasteiger partial charge >= 0.3 is 0 Å². The van der Waals surface area contributed by atoms with E-state index in [0.29, 0.717) is 5.92 Å². The van der Waals surface area contributed by atoms with Crippen LogP contribution in [0.3, 0.4) is 0 Å². The van der Waals surface area contributed by atoms with Gasteiger partial charge in [0, 0.05) is 11.6 Å². The maximum atomic E-state index is 4.51. The highest BCUT2D eigenvalue weighted by molar-refractivity contribution is 9.08. The third-order valence-corrected chi connectivity index (χ3v) is 4.61. The van der Waals surface area contributed by atoms with Crippen LogP contribution in [0, 0.1) is 0 Å². The number of rotatable bonds is 3. The molecule has 3 rings (SSSR count). The highest BCUT2D eigenvalue weighted by Crippen LogP contribution is 2.32. The first-order valence-electron chi connectivity index (χ1n) is 7.45. The summed E-state index contributed by atoms with van der Waals surface area (Å²) < 4.78 is 2.24. The Hall–Kier alpha value is -1.16. The van der Waals surface area contributed by atoms with E-state index in [2.05, 4.69) is 55.0 Å². The van der Waals surface area contributed by atoms with Crippen LogP contribution in [0.1, 0.15) is 56.1 Å². The van der Waals surface area contributed by atoms with Crippen LogP contribution >= 0.6 is 15.9 Å². The van der Waals surface area contributed by atoms with Crippen molar-refractivity contribution in [3.63, 3.8) is 0 Å². The lowest BCUT2D eigenvalue weighted by Crippen LogP contribution is -2.09. The van der Waals surface area contributed by atoms with Gasteiger partial charge in [-0.25, -0.2) is 0 Å². The molecule has 0 amide bonds. The maximum Gasteiger partial charge on any atom is 0.148 e. The van der Waals surface area contributed by atoms with Crippen LogP contribution in [-0.2, 0) is 5.33 Å². The number of alkyl halides is 1. The van der Waals surface area contributed by atoms with Gasteiger partial charge < -0.3 is 0 Å². The van der Waals surface area contributed by atoms with Crippen LogP contribution < -0.4 is 0 Å². The molecule has 1 aromatic carbocycles. The van der Waals surface area contributed by atoms with Gasteiger partial charge in [-0.1, -0.05) is 59.8 Å². The fourth-order valence-electron chi connectivity index (χ4n) is 3.08. The van der Waals surface area contributed by atoms with Crippen LogP contribution in [0.2, 0.25) is 0 Å². The van der Waals surface area contributed by atoms with Crippen LogP contribution in [0.15, 0.2) is 30.3 Å². The van der Waals surface area contributed by atoms with Gasteiger partial charge in [-0.3, -0.25) is 4.57 Å².